The van der Waals surface area contributed by atoms with E-state index in [1.165, 1.54) is 4.57 Å². The molecule has 0 bridgehead atoms. The largest absolute Gasteiger partial charge is 0.343 e. The van der Waals surface area contributed by atoms with E-state index < -0.39 is 0 Å². The number of rotatable bonds is 6. The Morgan fingerprint density at radius 3 is 2.87 bits per heavy atom. The van der Waals surface area contributed by atoms with Gasteiger partial charge in [-0.1, -0.05) is 25.6 Å². The third-order valence-corrected chi connectivity index (χ3v) is 3.06. The van der Waals surface area contributed by atoms with Gasteiger partial charge in [0.2, 0.25) is 0 Å². The molecule has 15 heavy (non-hydrogen) atoms. The second-order valence-corrected chi connectivity index (χ2v) is 4.74. The lowest BCUT2D eigenvalue weighted by Crippen LogP contribution is -2.23. The van der Waals surface area contributed by atoms with Crippen LogP contribution >= 0.6 is 11.8 Å². The maximum atomic E-state index is 11.0. The highest BCUT2D eigenvalue weighted by Crippen LogP contribution is 2.12. The minimum Gasteiger partial charge on any atom is -0.315 e. The number of nitrogens with one attached hydrogen (secondary N) is 2. The number of H-pyrrole nitrogens is 1. The van der Waals surface area contributed by atoms with Gasteiger partial charge >= 0.3 is 5.69 Å². The van der Waals surface area contributed by atoms with E-state index in [-0.39, 0.29) is 5.69 Å². The second-order valence-electron chi connectivity index (χ2n) is 3.68. The van der Waals surface area contributed by atoms with E-state index in [4.69, 9.17) is 0 Å². The zero-order chi connectivity index (χ0) is 11.3. The molecule has 1 aromatic rings. The molecule has 1 heterocycles. The van der Waals surface area contributed by atoms with Gasteiger partial charge in [-0.3, -0.25) is 4.57 Å². The third-order valence-electron chi connectivity index (χ3n) is 1.94. The molecule has 0 unspecified atom stereocenters. The zero-order valence-corrected chi connectivity index (χ0v) is 10.2. The van der Waals surface area contributed by atoms with Crippen molar-refractivity contribution in [1.29, 1.82) is 0 Å². The standard InChI is InChI=1S/C9H18N4OS/c1-7(2)10-5-4-6-15-9-12-11-8(14)13(9)3/h7,10H,4-6H2,1-3H3,(H,11,14). The molecule has 1 aromatic heterocycles. The van der Waals surface area contributed by atoms with Crippen LogP contribution in [-0.2, 0) is 7.05 Å². The van der Waals surface area contributed by atoms with Crippen LogP contribution in [-0.4, -0.2) is 33.1 Å². The van der Waals surface area contributed by atoms with Crippen LogP contribution in [0.1, 0.15) is 20.3 Å². The van der Waals surface area contributed by atoms with Crippen LogP contribution in [0.4, 0.5) is 0 Å². The molecule has 86 valence electrons. The Hall–Kier alpha value is -0.750. The van der Waals surface area contributed by atoms with Crippen molar-refractivity contribution in [3.8, 4) is 0 Å². The SMILES string of the molecule is CC(C)NCCCSc1n[nH]c(=O)n1C. The molecule has 0 atom stereocenters. The lowest BCUT2D eigenvalue weighted by molar-refractivity contribution is 0.585. The average molecular weight is 230 g/mol. The van der Waals surface area contributed by atoms with E-state index in [9.17, 15) is 4.79 Å². The first-order valence-corrected chi connectivity index (χ1v) is 6.07. The summed E-state index contributed by atoms with van der Waals surface area (Å²) in [6, 6.07) is 0.532. The number of aromatic nitrogens is 3. The summed E-state index contributed by atoms with van der Waals surface area (Å²) in [4.78, 5) is 11.0. The van der Waals surface area contributed by atoms with Crippen molar-refractivity contribution >= 4 is 11.8 Å². The monoisotopic (exact) mass is 230 g/mol. The summed E-state index contributed by atoms with van der Waals surface area (Å²) in [5.41, 5.74) is -0.155. The molecular weight excluding hydrogens is 212 g/mol. The predicted octanol–water partition coefficient (Wildman–Crippen LogP) is 0.589. The highest BCUT2D eigenvalue weighted by molar-refractivity contribution is 7.99. The van der Waals surface area contributed by atoms with Crippen LogP contribution in [0.3, 0.4) is 0 Å². The molecule has 0 aliphatic rings. The van der Waals surface area contributed by atoms with Crippen molar-refractivity contribution in [3.05, 3.63) is 10.5 Å². The van der Waals surface area contributed by atoms with Crippen molar-refractivity contribution in [2.75, 3.05) is 12.3 Å². The maximum absolute atomic E-state index is 11.0. The van der Waals surface area contributed by atoms with Crippen LogP contribution in [0.5, 0.6) is 0 Å². The predicted molar refractivity (Wildman–Crippen MR) is 62.3 cm³/mol. The van der Waals surface area contributed by atoms with E-state index in [2.05, 4.69) is 29.4 Å². The second kappa shape index (κ2) is 5.97. The minimum absolute atomic E-state index is 0.155. The summed E-state index contributed by atoms with van der Waals surface area (Å²) < 4.78 is 1.53. The van der Waals surface area contributed by atoms with Gasteiger partial charge in [0.15, 0.2) is 5.16 Å². The summed E-state index contributed by atoms with van der Waals surface area (Å²) >= 11 is 1.60. The topological polar surface area (TPSA) is 62.7 Å². The fraction of sp³-hybridized carbons (Fsp3) is 0.778. The molecule has 0 saturated heterocycles. The van der Waals surface area contributed by atoms with Crippen LogP contribution < -0.4 is 11.0 Å². The first kappa shape index (κ1) is 12.3. The van der Waals surface area contributed by atoms with Crippen molar-refractivity contribution in [3.63, 3.8) is 0 Å². The van der Waals surface area contributed by atoms with Crippen LogP contribution in [0.25, 0.3) is 0 Å². The lowest BCUT2D eigenvalue weighted by atomic mass is 10.4. The molecule has 0 amide bonds. The van der Waals surface area contributed by atoms with Gasteiger partial charge in [0, 0.05) is 18.8 Å². The molecule has 2 N–H and O–H groups in total. The molecule has 1 rings (SSSR count). The maximum Gasteiger partial charge on any atom is 0.343 e. The Morgan fingerprint density at radius 1 is 1.60 bits per heavy atom. The average Bonchev–Trinajstić information content (AvgIpc) is 2.48. The Kier molecular flexibility index (Phi) is 4.90. The fourth-order valence-electron chi connectivity index (χ4n) is 1.09. The van der Waals surface area contributed by atoms with Gasteiger partial charge < -0.3 is 5.32 Å². The number of hydrogen-bond donors (Lipinski definition) is 2. The third kappa shape index (κ3) is 4.09. The highest BCUT2D eigenvalue weighted by Gasteiger charge is 2.03. The van der Waals surface area contributed by atoms with Gasteiger partial charge in [0.1, 0.15) is 0 Å². The summed E-state index contributed by atoms with van der Waals surface area (Å²) in [7, 11) is 1.72. The number of hydrogen-bond acceptors (Lipinski definition) is 4. The number of nitrogens with zero attached hydrogens (tertiary/aromatic N) is 2. The molecule has 0 saturated carbocycles. The first-order valence-electron chi connectivity index (χ1n) is 5.09. The summed E-state index contributed by atoms with van der Waals surface area (Å²) in [6.07, 6.45) is 1.07. The van der Waals surface area contributed by atoms with Gasteiger partial charge in [-0.25, -0.2) is 9.89 Å². The van der Waals surface area contributed by atoms with Crippen molar-refractivity contribution in [1.82, 2.24) is 20.1 Å². The van der Waals surface area contributed by atoms with E-state index in [1.807, 2.05) is 0 Å². The quantitative estimate of drug-likeness (QED) is 0.554. The van der Waals surface area contributed by atoms with Crippen LogP contribution in [0, 0.1) is 0 Å². The van der Waals surface area contributed by atoms with E-state index >= 15 is 0 Å². The summed E-state index contributed by atoms with van der Waals surface area (Å²) in [5.74, 6) is 0.970. The lowest BCUT2D eigenvalue weighted by Gasteiger charge is -2.06. The van der Waals surface area contributed by atoms with Crippen LogP contribution in [0.15, 0.2) is 9.95 Å². The zero-order valence-electron chi connectivity index (χ0n) is 9.41. The normalized spacial score (nSPS) is 11.2. The first-order chi connectivity index (χ1) is 7.11. The Morgan fingerprint density at radius 2 is 2.33 bits per heavy atom. The fourth-order valence-corrected chi connectivity index (χ4v) is 1.95. The highest BCUT2D eigenvalue weighted by atomic mass is 32.2. The Balaban J connectivity index is 2.21. The Bertz CT molecular complexity index is 344. The molecule has 0 aliphatic carbocycles. The smallest absolute Gasteiger partial charge is 0.315 e. The van der Waals surface area contributed by atoms with E-state index in [0.717, 1.165) is 23.9 Å². The van der Waals surface area contributed by atoms with Gasteiger partial charge in [-0.2, -0.15) is 0 Å². The van der Waals surface area contributed by atoms with E-state index in [0.29, 0.717) is 6.04 Å². The molecule has 0 fully saturated rings. The van der Waals surface area contributed by atoms with Gasteiger partial charge in [-0.05, 0) is 13.0 Å². The van der Waals surface area contributed by atoms with Crippen molar-refractivity contribution < 1.29 is 0 Å². The van der Waals surface area contributed by atoms with Gasteiger partial charge in [0.25, 0.3) is 0 Å². The number of aromatic amines is 1. The van der Waals surface area contributed by atoms with Gasteiger partial charge in [0.05, 0.1) is 0 Å². The molecule has 0 aliphatic heterocycles. The Labute approximate surface area is 93.6 Å². The van der Waals surface area contributed by atoms with Gasteiger partial charge in [-0.15, -0.1) is 5.10 Å². The number of thioether (sulfide) groups is 1. The molecule has 0 aromatic carbocycles. The van der Waals surface area contributed by atoms with Crippen LogP contribution in [0.2, 0.25) is 0 Å². The van der Waals surface area contributed by atoms with E-state index in [1.54, 1.807) is 18.8 Å². The molecule has 6 heteroatoms. The molecule has 0 radical (unpaired) electrons. The molecule has 0 spiro atoms. The van der Waals surface area contributed by atoms with Crippen molar-refractivity contribution in [2.45, 2.75) is 31.5 Å². The molecular formula is C9H18N4OS. The minimum atomic E-state index is -0.155. The summed E-state index contributed by atoms with van der Waals surface area (Å²) in [6.45, 7) is 5.26. The summed E-state index contributed by atoms with van der Waals surface area (Å²) in [5, 5.41) is 10.4. The molecule has 5 nitrogen and oxygen atoms in total. The van der Waals surface area contributed by atoms with Crippen molar-refractivity contribution in [2.24, 2.45) is 7.05 Å².